The van der Waals surface area contributed by atoms with Crippen LogP contribution in [-0.4, -0.2) is 15.1 Å². The molecular formula is C11H12N2OS. The molecule has 2 rings (SSSR count). The highest BCUT2D eigenvalue weighted by molar-refractivity contribution is 7.10. The lowest BCUT2D eigenvalue weighted by atomic mass is 9.98. The van der Waals surface area contributed by atoms with E-state index in [4.69, 9.17) is 0 Å². The van der Waals surface area contributed by atoms with Gasteiger partial charge in [-0.1, -0.05) is 0 Å². The third kappa shape index (κ3) is 1.78. The van der Waals surface area contributed by atoms with E-state index in [0.717, 1.165) is 10.4 Å². The van der Waals surface area contributed by atoms with Crippen LogP contribution < -0.4 is 0 Å². The Morgan fingerprint density at radius 1 is 1.40 bits per heavy atom. The van der Waals surface area contributed by atoms with Crippen LogP contribution in [0.5, 0.6) is 0 Å². The number of aryl methyl sites for hydroxylation is 1. The van der Waals surface area contributed by atoms with E-state index in [2.05, 4.69) is 9.97 Å². The number of hydrogen-bond acceptors (Lipinski definition) is 4. The van der Waals surface area contributed by atoms with E-state index in [1.165, 1.54) is 11.3 Å². The highest BCUT2D eigenvalue weighted by Gasteiger charge is 2.30. The summed E-state index contributed by atoms with van der Waals surface area (Å²) in [6, 6.07) is 1.99. The smallest absolute Gasteiger partial charge is 0.139 e. The summed E-state index contributed by atoms with van der Waals surface area (Å²) < 4.78 is 0. The van der Waals surface area contributed by atoms with Gasteiger partial charge in [0.1, 0.15) is 5.60 Å². The van der Waals surface area contributed by atoms with Gasteiger partial charge in [0.15, 0.2) is 0 Å². The molecule has 0 aliphatic heterocycles. The molecule has 78 valence electrons. The highest BCUT2D eigenvalue weighted by atomic mass is 32.1. The van der Waals surface area contributed by atoms with E-state index < -0.39 is 5.60 Å². The minimum atomic E-state index is -1.05. The Kier molecular flexibility index (Phi) is 2.54. The second kappa shape index (κ2) is 3.72. The zero-order valence-electron chi connectivity index (χ0n) is 8.64. The van der Waals surface area contributed by atoms with Crippen molar-refractivity contribution in [2.45, 2.75) is 19.4 Å². The lowest BCUT2D eigenvalue weighted by Gasteiger charge is -2.21. The number of thiophene rings is 1. The molecule has 1 atom stereocenters. The van der Waals surface area contributed by atoms with Gasteiger partial charge in [0.05, 0.1) is 11.9 Å². The molecule has 15 heavy (non-hydrogen) atoms. The summed E-state index contributed by atoms with van der Waals surface area (Å²) in [6.45, 7) is 3.73. The SMILES string of the molecule is Cc1ccsc1C(C)(O)c1cnccn1. The average Bonchev–Trinajstić information content (AvgIpc) is 2.66. The summed E-state index contributed by atoms with van der Waals surface area (Å²) >= 11 is 1.53. The van der Waals surface area contributed by atoms with Crippen molar-refractivity contribution >= 4 is 11.3 Å². The Morgan fingerprint density at radius 2 is 2.20 bits per heavy atom. The molecule has 0 fully saturated rings. The molecule has 4 heteroatoms. The molecule has 2 aromatic heterocycles. The summed E-state index contributed by atoms with van der Waals surface area (Å²) in [7, 11) is 0. The fourth-order valence-electron chi connectivity index (χ4n) is 1.54. The molecule has 0 radical (unpaired) electrons. The Balaban J connectivity index is 2.48. The summed E-state index contributed by atoms with van der Waals surface area (Å²) in [5, 5.41) is 12.4. The fraction of sp³-hybridized carbons (Fsp3) is 0.273. The number of aromatic nitrogens is 2. The van der Waals surface area contributed by atoms with Gasteiger partial charge in [-0.25, -0.2) is 0 Å². The van der Waals surface area contributed by atoms with Gasteiger partial charge in [0.2, 0.25) is 0 Å². The Labute approximate surface area is 92.5 Å². The molecule has 1 unspecified atom stereocenters. The molecule has 2 heterocycles. The van der Waals surface area contributed by atoms with Crippen molar-refractivity contribution in [2.75, 3.05) is 0 Å². The molecule has 0 bridgehead atoms. The molecule has 0 aliphatic carbocycles. The van der Waals surface area contributed by atoms with E-state index in [1.54, 1.807) is 25.5 Å². The first-order valence-electron chi connectivity index (χ1n) is 4.66. The normalized spacial score (nSPS) is 14.9. The lowest BCUT2D eigenvalue weighted by molar-refractivity contribution is 0.100. The van der Waals surface area contributed by atoms with E-state index in [1.807, 2.05) is 18.4 Å². The molecule has 0 spiro atoms. The monoisotopic (exact) mass is 220 g/mol. The van der Waals surface area contributed by atoms with Crippen molar-refractivity contribution in [2.24, 2.45) is 0 Å². The van der Waals surface area contributed by atoms with Gasteiger partial charge in [-0.15, -0.1) is 11.3 Å². The van der Waals surface area contributed by atoms with Crippen molar-refractivity contribution < 1.29 is 5.11 Å². The Morgan fingerprint density at radius 3 is 2.73 bits per heavy atom. The zero-order chi connectivity index (χ0) is 10.9. The van der Waals surface area contributed by atoms with Gasteiger partial charge in [0.25, 0.3) is 0 Å². The first-order chi connectivity index (χ1) is 7.12. The van der Waals surface area contributed by atoms with Gasteiger partial charge in [-0.2, -0.15) is 0 Å². The molecule has 0 saturated carbocycles. The Hall–Kier alpha value is -1.26. The van der Waals surface area contributed by atoms with Crippen molar-refractivity contribution in [3.8, 4) is 0 Å². The minimum Gasteiger partial charge on any atom is -0.378 e. The first kappa shape index (κ1) is 10.3. The summed E-state index contributed by atoms with van der Waals surface area (Å²) in [6.07, 6.45) is 4.78. The second-order valence-corrected chi connectivity index (χ2v) is 4.51. The molecule has 3 nitrogen and oxygen atoms in total. The maximum absolute atomic E-state index is 10.4. The number of aliphatic hydroxyl groups is 1. The Bertz CT molecular complexity index is 451. The molecule has 2 aromatic rings. The lowest BCUT2D eigenvalue weighted by Crippen LogP contribution is -2.23. The molecular weight excluding hydrogens is 208 g/mol. The standard InChI is InChI=1S/C11H12N2OS/c1-8-3-6-15-10(8)11(2,14)9-7-12-4-5-13-9/h3-7,14H,1-2H3. The molecule has 0 amide bonds. The maximum Gasteiger partial charge on any atom is 0.139 e. The topological polar surface area (TPSA) is 46.0 Å². The van der Waals surface area contributed by atoms with E-state index in [-0.39, 0.29) is 0 Å². The maximum atomic E-state index is 10.4. The van der Waals surface area contributed by atoms with Crippen LogP contribution >= 0.6 is 11.3 Å². The number of hydrogen-bond donors (Lipinski definition) is 1. The van der Waals surface area contributed by atoms with Gasteiger partial charge in [0, 0.05) is 17.3 Å². The second-order valence-electron chi connectivity index (χ2n) is 3.60. The van der Waals surface area contributed by atoms with Crippen LogP contribution in [0, 0.1) is 6.92 Å². The fourth-order valence-corrected chi connectivity index (χ4v) is 2.53. The van der Waals surface area contributed by atoms with Crippen LogP contribution in [0.3, 0.4) is 0 Å². The van der Waals surface area contributed by atoms with Gasteiger partial charge in [-0.3, -0.25) is 9.97 Å². The number of nitrogens with zero attached hydrogens (tertiary/aromatic N) is 2. The van der Waals surface area contributed by atoms with Crippen molar-refractivity contribution in [1.29, 1.82) is 0 Å². The highest BCUT2D eigenvalue weighted by Crippen LogP contribution is 2.33. The van der Waals surface area contributed by atoms with Crippen LogP contribution in [0.25, 0.3) is 0 Å². The van der Waals surface area contributed by atoms with Crippen LogP contribution in [0.2, 0.25) is 0 Å². The third-order valence-corrected chi connectivity index (χ3v) is 3.59. The van der Waals surface area contributed by atoms with Gasteiger partial charge >= 0.3 is 0 Å². The summed E-state index contributed by atoms with van der Waals surface area (Å²) in [5.41, 5.74) is 0.609. The van der Waals surface area contributed by atoms with Crippen molar-refractivity contribution in [3.05, 3.63) is 46.2 Å². The molecule has 0 aromatic carbocycles. The van der Waals surface area contributed by atoms with Crippen LogP contribution in [0.15, 0.2) is 30.0 Å². The first-order valence-corrected chi connectivity index (χ1v) is 5.54. The minimum absolute atomic E-state index is 0.579. The van der Waals surface area contributed by atoms with Crippen LogP contribution in [0.1, 0.15) is 23.1 Å². The average molecular weight is 220 g/mol. The molecule has 0 aliphatic rings. The molecule has 0 saturated heterocycles. The van der Waals surface area contributed by atoms with Crippen molar-refractivity contribution in [1.82, 2.24) is 9.97 Å². The summed E-state index contributed by atoms with van der Waals surface area (Å²) in [4.78, 5) is 9.03. The third-order valence-electron chi connectivity index (χ3n) is 2.37. The summed E-state index contributed by atoms with van der Waals surface area (Å²) in [5.74, 6) is 0. The largest absolute Gasteiger partial charge is 0.378 e. The van der Waals surface area contributed by atoms with E-state index in [0.29, 0.717) is 5.69 Å². The van der Waals surface area contributed by atoms with E-state index in [9.17, 15) is 5.11 Å². The van der Waals surface area contributed by atoms with Gasteiger partial charge in [-0.05, 0) is 30.9 Å². The molecule has 1 N–H and O–H groups in total. The van der Waals surface area contributed by atoms with Crippen LogP contribution in [0.4, 0.5) is 0 Å². The quantitative estimate of drug-likeness (QED) is 0.843. The predicted molar refractivity (Wildman–Crippen MR) is 59.8 cm³/mol. The predicted octanol–water partition coefficient (Wildman–Crippen LogP) is 2.10. The van der Waals surface area contributed by atoms with Crippen molar-refractivity contribution in [3.63, 3.8) is 0 Å². The zero-order valence-corrected chi connectivity index (χ0v) is 9.45. The van der Waals surface area contributed by atoms with Gasteiger partial charge < -0.3 is 5.11 Å². The number of rotatable bonds is 2. The van der Waals surface area contributed by atoms with Crippen LogP contribution in [-0.2, 0) is 5.60 Å². The van der Waals surface area contributed by atoms with E-state index >= 15 is 0 Å².